The number of nitrogens with zero attached hydrogens (tertiary/aromatic N) is 1. The minimum Gasteiger partial charge on any atom is -0.624 e. The first-order valence-electron chi connectivity index (χ1n) is 4.61. The molecule has 0 radical (unpaired) electrons. The smallest absolute Gasteiger partial charge is 0.160 e. The molecule has 2 rings (SSSR count). The molecule has 1 aliphatic rings. The molecule has 1 aromatic rings. The molecule has 13 heavy (non-hydrogen) atoms. The fourth-order valence-corrected chi connectivity index (χ4v) is 1.90. The highest BCUT2D eigenvalue weighted by atomic mass is 16.5. The van der Waals surface area contributed by atoms with Gasteiger partial charge in [0.1, 0.15) is 0 Å². The third-order valence-electron chi connectivity index (χ3n) is 2.64. The molecule has 2 heteroatoms. The summed E-state index contributed by atoms with van der Waals surface area (Å²) < 4.78 is 1.04. The Morgan fingerprint density at radius 2 is 2.00 bits per heavy atom. The van der Waals surface area contributed by atoms with Gasteiger partial charge in [0.25, 0.3) is 0 Å². The van der Waals surface area contributed by atoms with Gasteiger partial charge >= 0.3 is 0 Å². The molecule has 68 valence electrons. The predicted molar refractivity (Wildman–Crippen MR) is 52.9 cm³/mol. The molecule has 1 heterocycles. The van der Waals surface area contributed by atoms with Crippen molar-refractivity contribution in [1.29, 1.82) is 0 Å². The summed E-state index contributed by atoms with van der Waals surface area (Å²) in [6.07, 6.45) is 1.76. The molecule has 0 unspecified atom stereocenters. The average molecular weight is 175 g/mol. The molecule has 2 nitrogen and oxygen atoms in total. The quantitative estimate of drug-likeness (QED) is 0.473. The highest BCUT2D eigenvalue weighted by Crippen LogP contribution is 2.26. The second-order valence-electron chi connectivity index (χ2n) is 3.63. The van der Waals surface area contributed by atoms with Crippen molar-refractivity contribution in [2.75, 3.05) is 6.54 Å². The van der Waals surface area contributed by atoms with E-state index in [0.717, 1.165) is 4.74 Å². The molecule has 0 saturated heterocycles. The van der Waals surface area contributed by atoms with E-state index >= 15 is 0 Å². The van der Waals surface area contributed by atoms with Gasteiger partial charge in [-0.2, -0.15) is 0 Å². The third-order valence-corrected chi connectivity index (χ3v) is 2.64. The van der Waals surface area contributed by atoms with Crippen LogP contribution >= 0.6 is 0 Å². The van der Waals surface area contributed by atoms with Gasteiger partial charge in [0.15, 0.2) is 12.8 Å². The Hall–Kier alpha value is -1.31. The van der Waals surface area contributed by atoms with Gasteiger partial charge in [-0.25, -0.2) is 4.74 Å². The van der Waals surface area contributed by atoms with Crippen LogP contribution in [0.25, 0.3) is 0 Å². The van der Waals surface area contributed by atoms with Crippen LogP contribution in [-0.4, -0.2) is 17.5 Å². The van der Waals surface area contributed by atoms with E-state index < -0.39 is 0 Å². The third kappa shape index (κ3) is 1.57. The second kappa shape index (κ2) is 3.21. The highest BCUT2D eigenvalue weighted by molar-refractivity contribution is 5.59. The van der Waals surface area contributed by atoms with Crippen molar-refractivity contribution in [1.82, 2.24) is 0 Å². The van der Waals surface area contributed by atoms with Crippen LogP contribution in [0.4, 0.5) is 0 Å². The van der Waals surface area contributed by atoms with Crippen molar-refractivity contribution in [2.45, 2.75) is 12.8 Å². The molecule has 0 bridgehead atoms. The second-order valence-corrected chi connectivity index (χ2v) is 3.63. The topological polar surface area (TPSA) is 26.1 Å². The minimum absolute atomic E-state index is 0.361. The Morgan fingerprint density at radius 3 is 2.54 bits per heavy atom. The van der Waals surface area contributed by atoms with Crippen LogP contribution < -0.4 is 0 Å². The summed E-state index contributed by atoms with van der Waals surface area (Å²) in [5, 5.41) is 11.1. The van der Waals surface area contributed by atoms with Crippen molar-refractivity contribution < 1.29 is 4.74 Å². The highest BCUT2D eigenvalue weighted by Gasteiger charge is 2.28. The zero-order valence-corrected chi connectivity index (χ0v) is 7.68. The van der Waals surface area contributed by atoms with Gasteiger partial charge in [-0.05, 0) is 5.56 Å². The molecule has 0 aromatic heterocycles. The fourth-order valence-electron chi connectivity index (χ4n) is 1.90. The lowest BCUT2D eigenvalue weighted by Crippen LogP contribution is -2.09. The van der Waals surface area contributed by atoms with Crippen molar-refractivity contribution in [3.63, 3.8) is 0 Å². The monoisotopic (exact) mass is 175 g/mol. The molecule has 0 amide bonds. The lowest BCUT2D eigenvalue weighted by molar-refractivity contribution is -0.446. The van der Waals surface area contributed by atoms with Gasteiger partial charge in [-0.15, -0.1) is 0 Å². The molecular formula is C11H13NO. The summed E-state index contributed by atoms with van der Waals surface area (Å²) >= 11 is 0. The van der Waals surface area contributed by atoms with Gasteiger partial charge in [0, 0.05) is 5.92 Å². The van der Waals surface area contributed by atoms with E-state index in [4.69, 9.17) is 0 Å². The first-order chi connectivity index (χ1) is 6.27. The predicted octanol–water partition coefficient (Wildman–Crippen LogP) is 2.00. The number of hydrogen-bond acceptors (Lipinski definition) is 1. The average Bonchev–Trinajstić information content (AvgIpc) is 2.47. The van der Waals surface area contributed by atoms with Gasteiger partial charge in [-0.1, -0.05) is 37.3 Å². The molecule has 0 N–H and O–H groups in total. The largest absolute Gasteiger partial charge is 0.624 e. The molecule has 1 aromatic carbocycles. The van der Waals surface area contributed by atoms with E-state index in [2.05, 4.69) is 19.1 Å². The van der Waals surface area contributed by atoms with E-state index in [-0.39, 0.29) is 0 Å². The normalized spacial score (nSPS) is 27.3. The Kier molecular flexibility index (Phi) is 2.05. The molecule has 1 aliphatic heterocycles. The van der Waals surface area contributed by atoms with Crippen LogP contribution in [0.5, 0.6) is 0 Å². The number of hydrogen-bond donors (Lipinski definition) is 0. The van der Waals surface area contributed by atoms with Gasteiger partial charge < -0.3 is 5.21 Å². The summed E-state index contributed by atoms with van der Waals surface area (Å²) in [6, 6.07) is 10.2. The zero-order chi connectivity index (χ0) is 9.26. The number of hydroxylamine groups is 1. The van der Waals surface area contributed by atoms with Crippen LogP contribution in [0, 0.1) is 11.1 Å². The van der Waals surface area contributed by atoms with Crippen LogP contribution in [-0.2, 0) is 0 Å². The molecule has 0 saturated carbocycles. The molecule has 2 atom stereocenters. The zero-order valence-electron chi connectivity index (χ0n) is 7.68. The van der Waals surface area contributed by atoms with Gasteiger partial charge in [0.2, 0.25) is 0 Å². The van der Waals surface area contributed by atoms with E-state index in [9.17, 15) is 5.21 Å². The molecule has 0 fully saturated rings. The first-order valence-corrected chi connectivity index (χ1v) is 4.61. The summed E-state index contributed by atoms with van der Waals surface area (Å²) in [5.74, 6) is 0.735. The van der Waals surface area contributed by atoms with Crippen molar-refractivity contribution in [3.05, 3.63) is 41.1 Å². The lowest BCUT2D eigenvalue weighted by atomic mass is 9.90. The summed E-state index contributed by atoms with van der Waals surface area (Å²) in [5.41, 5.74) is 1.27. The maximum atomic E-state index is 11.1. The van der Waals surface area contributed by atoms with Crippen LogP contribution in [0.2, 0.25) is 0 Å². The SMILES string of the molecule is C[C@H]1C=[N+]([O-])C[C@@H]1c1ccccc1. The van der Waals surface area contributed by atoms with Crippen LogP contribution in [0.3, 0.4) is 0 Å². The first kappa shape index (κ1) is 8.30. The van der Waals surface area contributed by atoms with Crippen molar-refractivity contribution >= 4 is 6.21 Å². The Labute approximate surface area is 78.1 Å². The van der Waals surface area contributed by atoms with Crippen LogP contribution in [0.15, 0.2) is 30.3 Å². The molecule has 0 spiro atoms. The standard InChI is InChI=1S/C11H13NO/c1-9-7-12(13)8-11(9)10-5-3-2-4-6-10/h2-7,9,11H,8H2,1H3/t9-,11-/m0/s1. The van der Waals surface area contributed by atoms with Crippen molar-refractivity contribution in [2.24, 2.45) is 5.92 Å². The Bertz CT molecular complexity index is 318. The van der Waals surface area contributed by atoms with Crippen molar-refractivity contribution in [3.8, 4) is 0 Å². The molecular weight excluding hydrogens is 162 g/mol. The number of rotatable bonds is 1. The van der Waals surface area contributed by atoms with E-state index in [1.807, 2.05) is 18.2 Å². The summed E-state index contributed by atoms with van der Waals surface area (Å²) in [7, 11) is 0. The van der Waals surface area contributed by atoms with E-state index in [1.165, 1.54) is 5.56 Å². The fraction of sp³-hybridized carbons (Fsp3) is 0.364. The van der Waals surface area contributed by atoms with Gasteiger partial charge in [-0.3, -0.25) is 0 Å². The van der Waals surface area contributed by atoms with Crippen LogP contribution in [0.1, 0.15) is 18.4 Å². The number of benzene rings is 1. The molecule has 0 aliphatic carbocycles. The summed E-state index contributed by atoms with van der Waals surface area (Å²) in [4.78, 5) is 0. The maximum Gasteiger partial charge on any atom is 0.160 e. The van der Waals surface area contributed by atoms with E-state index in [1.54, 1.807) is 6.21 Å². The minimum atomic E-state index is 0.361. The Morgan fingerprint density at radius 1 is 1.31 bits per heavy atom. The summed E-state index contributed by atoms with van der Waals surface area (Å²) in [6.45, 7) is 2.70. The van der Waals surface area contributed by atoms with Gasteiger partial charge in [0.05, 0.1) is 5.92 Å². The maximum absolute atomic E-state index is 11.1. The lowest BCUT2D eigenvalue weighted by Gasteiger charge is -2.10. The Balaban J connectivity index is 2.21. The van der Waals surface area contributed by atoms with E-state index in [0.29, 0.717) is 18.4 Å².